The van der Waals surface area contributed by atoms with E-state index in [1.54, 1.807) is 6.33 Å². The van der Waals surface area contributed by atoms with Crippen LogP contribution in [0.3, 0.4) is 0 Å². The fourth-order valence-corrected chi connectivity index (χ4v) is 2.80. The molecule has 0 saturated heterocycles. The number of aryl methyl sites for hydroxylation is 1. The molecule has 2 atom stereocenters. The van der Waals surface area contributed by atoms with Crippen LogP contribution in [0.25, 0.3) is 0 Å². The van der Waals surface area contributed by atoms with E-state index in [0.717, 1.165) is 25.1 Å². The summed E-state index contributed by atoms with van der Waals surface area (Å²) in [6, 6.07) is 0.317. The summed E-state index contributed by atoms with van der Waals surface area (Å²) < 4.78 is 0. The molecule has 0 aliphatic heterocycles. The lowest BCUT2D eigenvalue weighted by Gasteiger charge is -2.49. The number of nitrogens with one attached hydrogen (secondary N) is 1. The van der Waals surface area contributed by atoms with E-state index in [-0.39, 0.29) is 11.5 Å². The molecule has 1 aromatic rings. The second-order valence-corrected chi connectivity index (χ2v) is 5.77. The summed E-state index contributed by atoms with van der Waals surface area (Å²) in [6.07, 6.45) is 5.59. The number of nitrogens with zero attached hydrogens (tertiary/aromatic N) is 2. The van der Waals surface area contributed by atoms with E-state index in [1.807, 2.05) is 0 Å². The standard InChI is InChI=1S/C13H19N3O/c1-13(2)10(6-11(13)17)16-12-8-4-3-5-9(8)14-7-15-12/h7,10-11,17H,3-6H2,1-2H3,(H,14,15,16). The van der Waals surface area contributed by atoms with Crippen molar-refractivity contribution < 1.29 is 5.11 Å². The van der Waals surface area contributed by atoms with Crippen molar-refractivity contribution in [3.8, 4) is 0 Å². The van der Waals surface area contributed by atoms with Crippen LogP contribution in [0.4, 0.5) is 5.82 Å². The topological polar surface area (TPSA) is 58.0 Å². The maximum absolute atomic E-state index is 9.74. The van der Waals surface area contributed by atoms with Crippen LogP contribution in [0.5, 0.6) is 0 Å². The molecule has 2 N–H and O–H groups in total. The Balaban J connectivity index is 1.81. The lowest BCUT2D eigenvalue weighted by atomic mass is 9.64. The molecule has 0 bridgehead atoms. The van der Waals surface area contributed by atoms with Gasteiger partial charge in [0.1, 0.15) is 12.1 Å². The largest absolute Gasteiger partial charge is 0.392 e. The molecule has 2 unspecified atom stereocenters. The average molecular weight is 233 g/mol. The minimum absolute atomic E-state index is 0.0591. The number of rotatable bonds is 2. The van der Waals surface area contributed by atoms with Crippen LogP contribution in [0.1, 0.15) is 37.9 Å². The minimum Gasteiger partial charge on any atom is -0.392 e. The van der Waals surface area contributed by atoms with E-state index in [0.29, 0.717) is 6.04 Å². The highest BCUT2D eigenvalue weighted by Crippen LogP contribution is 2.42. The zero-order chi connectivity index (χ0) is 12.0. The number of hydrogen-bond donors (Lipinski definition) is 2. The SMILES string of the molecule is CC1(C)C(O)CC1Nc1ncnc2c1CCC2. The monoisotopic (exact) mass is 233 g/mol. The Morgan fingerprint density at radius 2 is 2.18 bits per heavy atom. The van der Waals surface area contributed by atoms with Crippen LogP contribution in [0, 0.1) is 5.41 Å². The second-order valence-electron chi connectivity index (χ2n) is 5.77. The van der Waals surface area contributed by atoms with Crippen LogP contribution in [-0.4, -0.2) is 27.2 Å². The highest BCUT2D eigenvalue weighted by atomic mass is 16.3. The van der Waals surface area contributed by atoms with Gasteiger partial charge in [-0.2, -0.15) is 0 Å². The maximum atomic E-state index is 9.74. The molecule has 0 spiro atoms. The second kappa shape index (κ2) is 3.67. The Hall–Kier alpha value is -1.16. The molecule has 2 aliphatic rings. The lowest BCUT2D eigenvalue weighted by Crippen LogP contribution is -2.57. The van der Waals surface area contributed by atoms with Gasteiger partial charge in [0.15, 0.2) is 0 Å². The Morgan fingerprint density at radius 3 is 2.88 bits per heavy atom. The van der Waals surface area contributed by atoms with Crippen LogP contribution < -0.4 is 5.32 Å². The van der Waals surface area contributed by atoms with Crippen molar-refractivity contribution in [2.75, 3.05) is 5.32 Å². The zero-order valence-electron chi connectivity index (χ0n) is 10.4. The van der Waals surface area contributed by atoms with Gasteiger partial charge in [-0.15, -0.1) is 0 Å². The molecule has 1 fully saturated rings. The first kappa shape index (κ1) is 11.0. The molecule has 17 heavy (non-hydrogen) atoms. The molecule has 3 rings (SSSR count). The van der Waals surface area contributed by atoms with Crippen LogP contribution in [0.15, 0.2) is 6.33 Å². The third-order valence-electron chi connectivity index (χ3n) is 4.40. The normalized spacial score (nSPS) is 29.6. The van der Waals surface area contributed by atoms with Gasteiger partial charge in [0.2, 0.25) is 0 Å². The maximum Gasteiger partial charge on any atom is 0.133 e. The van der Waals surface area contributed by atoms with E-state index in [4.69, 9.17) is 0 Å². The number of hydrogen-bond acceptors (Lipinski definition) is 4. The molecule has 4 nitrogen and oxygen atoms in total. The Labute approximate surface area is 101 Å². The van der Waals surface area contributed by atoms with Gasteiger partial charge in [-0.05, 0) is 25.7 Å². The van der Waals surface area contributed by atoms with Crippen LogP contribution in [-0.2, 0) is 12.8 Å². The highest BCUT2D eigenvalue weighted by Gasteiger charge is 2.47. The third kappa shape index (κ3) is 1.62. The molecule has 1 saturated carbocycles. The van der Waals surface area contributed by atoms with Gasteiger partial charge < -0.3 is 10.4 Å². The van der Waals surface area contributed by atoms with E-state index in [2.05, 4.69) is 29.1 Å². The number of anilines is 1. The summed E-state index contributed by atoms with van der Waals surface area (Å²) in [4.78, 5) is 8.68. The van der Waals surface area contributed by atoms with Crippen LogP contribution in [0.2, 0.25) is 0 Å². The predicted octanol–water partition coefficient (Wildman–Crippen LogP) is 1.54. The van der Waals surface area contributed by atoms with Crippen LogP contribution >= 0.6 is 0 Å². The van der Waals surface area contributed by atoms with Gasteiger partial charge in [0.05, 0.1) is 6.10 Å². The molecule has 92 valence electrons. The smallest absolute Gasteiger partial charge is 0.133 e. The van der Waals surface area contributed by atoms with E-state index in [9.17, 15) is 5.11 Å². The Kier molecular flexibility index (Phi) is 2.36. The van der Waals surface area contributed by atoms with Crippen molar-refractivity contribution >= 4 is 5.82 Å². The van der Waals surface area contributed by atoms with Crippen molar-refractivity contribution in [1.29, 1.82) is 0 Å². The summed E-state index contributed by atoms with van der Waals surface area (Å²) in [7, 11) is 0. The van der Waals surface area contributed by atoms with Gasteiger partial charge in [-0.3, -0.25) is 0 Å². The molecule has 1 aromatic heterocycles. The van der Waals surface area contributed by atoms with Crippen molar-refractivity contribution in [2.24, 2.45) is 5.41 Å². The quantitative estimate of drug-likeness (QED) is 0.813. The highest BCUT2D eigenvalue weighted by molar-refractivity contribution is 5.49. The minimum atomic E-state index is -0.199. The molecule has 1 heterocycles. The average Bonchev–Trinajstić information content (AvgIpc) is 2.77. The Morgan fingerprint density at radius 1 is 1.35 bits per heavy atom. The Bertz CT molecular complexity index is 444. The number of aromatic nitrogens is 2. The summed E-state index contributed by atoms with van der Waals surface area (Å²) in [6.45, 7) is 4.19. The van der Waals surface area contributed by atoms with Gasteiger partial charge in [-0.25, -0.2) is 9.97 Å². The third-order valence-corrected chi connectivity index (χ3v) is 4.40. The van der Waals surface area contributed by atoms with E-state index >= 15 is 0 Å². The molecule has 0 radical (unpaired) electrons. The fourth-order valence-electron chi connectivity index (χ4n) is 2.80. The summed E-state index contributed by atoms with van der Waals surface area (Å²) in [5, 5.41) is 13.2. The molecule has 0 aromatic carbocycles. The fraction of sp³-hybridized carbons (Fsp3) is 0.692. The van der Waals surface area contributed by atoms with Gasteiger partial charge >= 0.3 is 0 Å². The number of fused-ring (bicyclic) bond motifs is 1. The van der Waals surface area contributed by atoms with Gasteiger partial charge in [0.25, 0.3) is 0 Å². The molecular weight excluding hydrogens is 214 g/mol. The molecule has 4 heteroatoms. The number of aliphatic hydroxyl groups is 1. The van der Waals surface area contributed by atoms with Crippen molar-refractivity contribution in [3.63, 3.8) is 0 Å². The van der Waals surface area contributed by atoms with Crippen molar-refractivity contribution in [1.82, 2.24) is 9.97 Å². The van der Waals surface area contributed by atoms with Gasteiger partial charge in [0, 0.05) is 22.7 Å². The first-order chi connectivity index (χ1) is 8.09. The lowest BCUT2D eigenvalue weighted by molar-refractivity contribution is -0.0511. The van der Waals surface area contributed by atoms with Gasteiger partial charge in [-0.1, -0.05) is 13.8 Å². The molecule has 2 aliphatic carbocycles. The molecular formula is C13H19N3O. The zero-order valence-corrected chi connectivity index (χ0v) is 10.4. The van der Waals surface area contributed by atoms with Crippen molar-refractivity contribution in [3.05, 3.63) is 17.6 Å². The van der Waals surface area contributed by atoms with E-state index < -0.39 is 0 Å². The predicted molar refractivity (Wildman–Crippen MR) is 65.9 cm³/mol. The van der Waals surface area contributed by atoms with E-state index in [1.165, 1.54) is 17.7 Å². The first-order valence-electron chi connectivity index (χ1n) is 6.36. The molecule has 0 amide bonds. The van der Waals surface area contributed by atoms with Crippen molar-refractivity contribution in [2.45, 2.75) is 51.7 Å². The number of aliphatic hydroxyl groups excluding tert-OH is 1. The first-order valence-corrected chi connectivity index (χ1v) is 6.36. The summed E-state index contributed by atoms with van der Waals surface area (Å²) in [5.74, 6) is 0.984. The summed E-state index contributed by atoms with van der Waals surface area (Å²) in [5.41, 5.74) is 2.42. The summed E-state index contributed by atoms with van der Waals surface area (Å²) >= 11 is 0.